The highest BCUT2D eigenvalue weighted by Gasteiger charge is 2.24. The molecule has 2 aromatic rings. The Kier molecular flexibility index (Phi) is 4.15. The highest BCUT2D eigenvalue weighted by atomic mass is 79.9. The molecule has 1 amide bonds. The Balaban J connectivity index is 2.29. The van der Waals surface area contributed by atoms with Gasteiger partial charge in [0.1, 0.15) is 0 Å². The molecule has 5 nitrogen and oxygen atoms in total. The van der Waals surface area contributed by atoms with E-state index in [2.05, 4.69) is 26.1 Å². The second-order valence-electron chi connectivity index (χ2n) is 5.79. The Hall–Kier alpha value is -1.40. The van der Waals surface area contributed by atoms with E-state index >= 15 is 0 Å². The standard InChI is InChI=1S/C14H19BrN4O/c1-14(2,7-16)8-19(3)13(20)12-10-6-9(15)4-5-11(10)17-18-12/h4-6H,7-8,16H2,1-3H3,(H,17,18). The number of carbonyl (C=O) groups is 1. The van der Waals surface area contributed by atoms with E-state index in [1.165, 1.54) is 0 Å². The number of halogens is 1. The molecule has 0 atom stereocenters. The molecule has 0 spiro atoms. The van der Waals surface area contributed by atoms with Gasteiger partial charge in [-0.15, -0.1) is 0 Å². The summed E-state index contributed by atoms with van der Waals surface area (Å²) < 4.78 is 0.922. The molecule has 1 heterocycles. The van der Waals surface area contributed by atoms with Crippen molar-refractivity contribution in [2.24, 2.45) is 11.1 Å². The summed E-state index contributed by atoms with van der Waals surface area (Å²) in [4.78, 5) is 14.2. The average Bonchev–Trinajstić information content (AvgIpc) is 2.80. The van der Waals surface area contributed by atoms with Crippen molar-refractivity contribution < 1.29 is 4.79 Å². The molecule has 0 saturated heterocycles. The highest BCUT2D eigenvalue weighted by molar-refractivity contribution is 9.10. The van der Waals surface area contributed by atoms with Gasteiger partial charge in [0.05, 0.1) is 5.52 Å². The lowest BCUT2D eigenvalue weighted by Crippen LogP contribution is -2.39. The van der Waals surface area contributed by atoms with Gasteiger partial charge in [-0.2, -0.15) is 5.10 Å². The summed E-state index contributed by atoms with van der Waals surface area (Å²) >= 11 is 3.41. The topological polar surface area (TPSA) is 75.0 Å². The molecule has 0 fully saturated rings. The molecule has 3 N–H and O–H groups in total. The third-order valence-electron chi connectivity index (χ3n) is 3.29. The van der Waals surface area contributed by atoms with Crippen molar-refractivity contribution in [1.29, 1.82) is 0 Å². The number of fused-ring (bicyclic) bond motifs is 1. The monoisotopic (exact) mass is 338 g/mol. The summed E-state index contributed by atoms with van der Waals surface area (Å²) in [5.74, 6) is -0.101. The number of benzene rings is 1. The smallest absolute Gasteiger partial charge is 0.274 e. The zero-order chi connectivity index (χ0) is 14.9. The van der Waals surface area contributed by atoms with E-state index in [4.69, 9.17) is 5.73 Å². The van der Waals surface area contributed by atoms with Crippen LogP contribution < -0.4 is 5.73 Å². The fourth-order valence-electron chi connectivity index (χ4n) is 2.11. The Morgan fingerprint density at radius 2 is 2.20 bits per heavy atom. The zero-order valence-electron chi connectivity index (χ0n) is 11.9. The number of nitrogens with two attached hydrogens (primary N) is 1. The predicted molar refractivity (Wildman–Crippen MR) is 83.6 cm³/mol. The first-order valence-corrected chi connectivity index (χ1v) is 7.22. The van der Waals surface area contributed by atoms with Gasteiger partial charge in [-0.05, 0) is 30.2 Å². The number of amides is 1. The van der Waals surface area contributed by atoms with Gasteiger partial charge in [-0.3, -0.25) is 9.89 Å². The molecule has 108 valence electrons. The predicted octanol–water partition coefficient (Wildman–Crippen LogP) is 2.38. The van der Waals surface area contributed by atoms with Crippen LogP contribution in [0.5, 0.6) is 0 Å². The van der Waals surface area contributed by atoms with Crippen LogP contribution in [0.15, 0.2) is 22.7 Å². The first kappa shape index (κ1) is 15.0. The fourth-order valence-corrected chi connectivity index (χ4v) is 2.47. The van der Waals surface area contributed by atoms with Crippen molar-refractivity contribution in [3.63, 3.8) is 0 Å². The normalized spacial score (nSPS) is 11.8. The summed E-state index contributed by atoms with van der Waals surface area (Å²) in [5.41, 5.74) is 6.90. The van der Waals surface area contributed by atoms with Crippen molar-refractivity contribution in [3.05, 3.63) is 28.4 Å². The Bertz CT molecular complexity index is 635. The quantitative estimate of drug-likeness (QED) is 0.898. The maximum atomic E-state index is 12.5. The first-order chi connectivity index (χ1) is 9.34. The average molecular weight is 339 g/mol. The molecule has 0 aliphatic carbocycles. The van der Waals surface area contributed by atoms with Crippen LogP contribution in [-0.4, -0.2) is 41.1 Å². The number of hydrogen-bond acceptors (Lipinski definition) is 3. The van der Waals surface area contributed by atoms with Crippen LogP contribution in [0, 0.1) is 5.41 Å². The number of aromatic nitrogens is 2. The Morgan fingerprint density at radius 1 is 1.50 bits per heavy atom. The van der Waals surface area contributed by atoms with Crippen molar-refractivity contribution >= 4 is 32.7 Å². The summed E-state index contributed by atoms with van der Waals surface area (Å²) in [7, 11) is 1.78. The van der Waals surface area contributed by atoms with Crippen molar-refractivity contribution in [2.45, 2.75) is 13.8 Å². The molecule has 0 bridgehead atoms. The number of hydrogen-bond donors (Lipinski definition) is 2. The number of rotatable bonds is 4. The van der Waals surface area contributed by atoms with E-state index in [9.17, 15) is 4.79 Å². The molecule has 1 aromatic heterocycles. The Morgan fingerprint density at radius 3 is 2.85 bits per heavy atom. The van der Waals surface area contributed by atoms with Gasteiger partial charge in [0.15, 0.2) is 5.69 Å². The van der Waals surface area contributed by atoms with Crippen LogP contribution in [0.1, 0.15) is 24.3 Å². The largest absolute Gasteiger partial charge is 0.340 e. The van der Waals surface area contributed by atoms with Crippen LogP contribution in [0.4, 0.5) is 0 Å². The number of H-pyrrole nitrogens is 1. The second kappa shape index (κ2) is 5.54. The van der Waals surface area contributed by atoms with E-state index in [1.54, 1.807) is 11.9 Å². The third kappa shape index (κ3) is 3.02. The SMILES string of the molecule is CN(CC(C)(C)CN)C(=O)c1n[nH]c2ccc(Br)cc12. The van der Waals surface area contributed by atoms with E-state index in [0.29, 0.717) is 18.8 Å². The van der Waals surface area contributed by atoms with Crippen LogP contribution >= 0.6 is 15.9 Å². The molecule has 0 radical (unpaired) electrons. The van der Waals surface area contributed by atoms with E-state index in [-0.39, 0.29) is 11.3 Å². The molecule has 20 heavy (non-hydrogen) atoms. The lowest BCUT2D eigenvalue weighted by atomic mass is 9.93. The van der Waals surface area contributed by atoms with Crippen molar-refractivity contribution in [3.8, 4) is 0 Å². The lowest BCUT2D eigenvalue weighted by molar-refractivity contribution is 0.0736. The second-order valence-corrected chi connectivity index (χ2v) is 6.71. The molecule has 2 rings (SSSR count). The van der Waals surface area contributed by atoms with Gasteiger partial charge < -0.3 is 10.6 Å². The number of nitrogens with one attached hydrogen (secondary N) is 1. The van der Waals surface area contributed by atoms with E-state index < -0.39 is 0 Å². The maximum Gasteiger partial charge on any atom is 0.274 e. The lowest BCUT2D eigenvalue weighted by Gasteiger charge is -2.28. The minimum absolute atomic E-state index is 0.101. The number of aromatic amines is 1. The molecular weight excluding hydrogens is 320 g/mol. The summed E-state index contributed by atoms with van der Waals surface area (Å²) in [6, 6.07) is 5.71. The van der Waals surface area contributed by atoms with Crippen molar-refractivity contribution in [2.75, 3.05) is 20.1 Å². The van der Waals surface area contributed by atoms with Crippen molar-refractivity contribution in [1.82, 2.24) is 15.1 Å². The van der Waals surface area contributed by atoms with Gasteiger partial charge >= 0.3 is 0 Å². The first-order valence-electron chi connectivity index (χ1n) is 6.43. The highest BCUT2D eigenvalue weighted by Crippen LogP contribution is 2.23. The summed E-state index contributed by atoms with van der Waals surface area (Å²) in [6.45, 7) is 5.19. The van der Waals surface area contributed by atoms with Gasteiger partial charge in [0, 0.05) is 23.5 Å². The molecule has 0 saturated carbocycles. The molecule has 0 aliphatic rings. The van der Waals surface area contributed by atoms with Gasteiger partial charge in [0.25, 0.3) is 5.91 Å². The zero-order valence-corrected chi connectivity index (χ0v) is 13.5. The molecule has 1 aromatic carbocycles. The number of nitrogens with zero attached hydrogens (tertiary/aromatic N) is 2. The Labute approximate surface area is 126 Å². The van der Waals surface area contributed by atoms with Gasteiger partial charge in [-0.1, -0.05) is 29.8 Å². The van der Waals surface area contributed by atoms with Crippen LogP contribution in [0.3, 0.4) is 0 Å². The molecule has 0 unspecified atom stereocenters. The minimum atomic E-state index is -0.114. The summed E-state index contributed by atoms with van der Waals surface area (Å²) in [6.07, 6.45) is 0. The third-order valence-corrected chi connectivity index (χ3v) is 3.79. The van der Waals surface area contributed by atoms with Gasteiger partial charge in [0.2, 0.25) is 0 Å². The molecular formula is C14H19BrN4O. The van der Waals surface area contributed by atoms with E-state index in [0.717, 1.165) is 15.4 Å². The van der Waals surface area contributed by atoms with Crippen LogP contribution in [0.2, 0.25) is 0 Å². The molecule has 6 heteroatoms. The number of carbonyl (C=O) groups excluding carboxylic acids is 1. The van der Waals surface area contributed by atoms with E-state index in [1.807, 2.05) is 32.0 Å². The maximum absolute atomic E-state index is 12.5. The van der Waals surface area contributed by atoms with Gasteiger partial charge in [-0.25, -0.2) is 0 Å². The van der Waals surface area contributed by atoms with Crippen LogP contribution in [-0.2, 0) is 0 Å². The minimum Gasteiger partial charge on any atom is -0.340 e. The summed E-state index contributed by atoms with van der Waals surface area (Å²) in [5, 5.41) is 7.85. The molecule has 0 aliphatic heterocycles. The van der Waals surface area contributed by atoms with Crippen LogP contribution in [0.25, 0.3) is 10.9 Å². The fraction of sp³-hybridized carbons (Fsp3) is 0.429.